The average molecular weight is 367 g/mol. The van der Waals surface area contributed by atoms with Crippen molar-refractivity contribution >= 4 is 17.6 Å². The van der Waals surface area contributed by atoms with Crippen LogP contribution in [0, 0.1) is 11.3 Å². The molecule has 27 heavy (non-hydrogen) atoms. The van der Waals surface area contributed by atoms with E-state index in [1.54, 1.807) is 52.1 Å². The molecule has 0 aromatic heterocycles. The van der Waals surface area contributed by atoms with Gasteiger partial charge in [-0.2, -0.15) is 5.26 Å². The minimum Gasteiger partial charge on any atom is -0.456 e. The van der Waals surface area contributed by atoms with Crippen LogP contribution in [0.1, 0.15) is 33.3 Å². The molecule has 0 saturated carbocycles. The summed E-state index contributed by atoms with van der Waals surface area (Å²) >= 11 is 0. The van der Waals surface area contributed by atoms with Gasteiger partial charge in [0.2, 0.25) is 11.8 Å². The molecule has 0 unspecified atom stereocenters. The van der Waals surface area contributed by atoms with E-state index in [-0.39, 0.29) is 22.8 Å². The van der Waals surface area contributed by atoms with E-state index in [2.05, 4.69) is 0 Å². The number of amides is 1. The van der Waals surface area contributed by atoms with Crippen molar-refractivity contribution in [3.63, 3.8) is 0 Å². The van der Waals surface area contributed by atoms with Gasteiger partial charge in [0.05, 0.1) is 0 Å². The fourth-order valence-corrected chi connectivity index (χ4v) is 3.65. The number of hydrogen-bond acceptors (Lipinski definition) is 6. The van der Waals surface area contributed by atoms with Gasteiger partial charge in [0.1, 0.15) is 28.6 Å². The molecule has 1 atom stereocenters. The number of carbonyl (C=O) groups excluding carboxylic acids is 2. The van der Waals surface area contributed by atoms with Crippen LogP contribution >= 0.6 is 0 Å². The number of anilines is 1. The topological polar surface area (TPSA) is 106 Å². The fraction of sp³-hybridized carbons (Fsp3) is 0.350. The quantitative estimate of drug-likeness (QED) is 0.763. The number of carbonyl (C=O) groups is 2. The molecular formula is C20H21N3O4. The maximum absolute atomic E-state index is 13.5. The third-order valence-corrected chi connectivity index (χ3v) is 4.62. The second kappa shape index (κ2) is 5.88. The molecule has 140 valence electrons. The van der Waals surface area contributed by atoms with E-state index in [0.29, 0.717) is 11.3 Å². The molecule has 7 heteroatoms. The van der Waals surface area contributed by atoms with Crippen LogP contribution in [0.15, 0.2) is 47.1 Å². The van der Waals surface area contributed by atoms with Crippen molar-refractivity contribution < 1.29 is 19.1 Å². The Morgan fingerprint density at radius 2 is 1.96 bits per heavy atom. The van der Waals surface area contributed by atoms with Crippen LogP contribution in [-0.4, -0.2) is 24.5 Å². The predicted octanol–water partition coefficient (Wildman–Crippen LogP) is 2.24. The van der Waals surface area contributed by atoms with E-state index in [0.717, 1.165) is 0 Å². The van der Waals surface area contributed by atoms with Crippen LogP contribution in [0.25, 0.3) is 0 Å². The van der Waals surface area contributed by atoms with Crippen LogP contribution in [-0.2, 0) is 24.5 Å². The Hall–Kier alpha value is -3.27. The molecule has 0 radical (unpaired) electrons. The van der Waals surface area contributed by atoms with E-state index in [4.69, 9.17) is 15.2 Å². The minimum absolute atomic E-state index is 0.0232. The van der Waals surface area contributed by atoms with Crippen LogP contribution in [0.3, 0.4) is 0 Å². The number of likely N-dealkylation sites (N-methyl/N-ethyl adjacent to an activating group) is 1. The molecule has 0 saturated heterocycles. The summed E-state index contributed by atoms with van der Waals surface area (Å²) in [5.74, 6) is -1.23. The molecule has 2 aliphatic heterocycles. The molecular weight excluding hydrogens is 346 g/mol. The SMILES string of the molecule is CC1=C(C(=O)OC(C)(C)C)[C@@]2(C(=O)N(C)c3ccccc32)C(C#N)=C(N)O1. The molecule has 0 aliphatic carbocycles. The summed E-state index contributed by atoms with van der Waals surface area (Å²) in [5, 5.41) is 9.82. The highest BCUT2D eigenvalue weighted by molar-refractivity contribution is 6.18. The molecule has 1 aromatic rings. The van der Waals surface area contributed by atoms with E-state index in [1.165, 1.54) is 11.8 Å². The summed E-state index contributed by atoms with van der Waals surface area (Å²) in [4.78, 5) is 28.0. The number of allylic oxidation sites excluding steroid dienone is 1. The smallest absolute Gasteiger partial charge is 0.339 e. The molecule has 2 N–H and O–H groups in total. The first-order valence-corrected chi connectivity index (χ1v) is 8.46. The number of nitriles is 1. The van der Waals surface area contributed by atoms with Crippen molar-refractivity contribution in [3.05, 3.63) is 52.6 Å². The summed E-state index contributed by atoms with van der Waals surface area (Å²) in [6.45, 7) is 6.71. The highest BCUT2D eigenvalue weighted by Gasteiger charge is 2.61. The molecule has 1 aromatic carbocycles. The Labute approximate surface area is 157 Å². The Morgan fingerprint density at radius 3 is 2.56 bits per heavy atom. The zero-order chi connectivity index (χ0) is 20.1. The Kier molecular flexibility index (Phi) is 4.03. The first-order chi connectivity index (χ1) is 12.6. The Balaban J connectivity index is 2.38. The van der Waals surface area contributed by atoms with Crippen molar-refractivity contribution in [1.29, 1.82) is 5.26 Å². The Morgan fingerprint density at radius 1 is 1.33 bits per heavy atom. The van der Waals surface area contributed by atoms with Gasteiger partial charge in [0.15, 0.2) is 5.41 Å². The lowest BCUT2D eigenvalue weighted by Crippen LogP contribution is -2.48. The van der Waals surface area contributed by atoms with Crippen LogP contribution in [0.2, 0.25) is 0 Å². The highest BCUT2D eigenvalue weighted by atomic mass is 16.6. The molecule has 2 heterocycles. The summed E-state index contributed by atoms with van der Waals surface area (Å²) in [6, 6.07) is 8.98. The average Bonchev–Trinajstić information content (AvgIpc) is 2.77. The number of fused-ring (bicyclic) bond motifs is 2. The van der Waals surface area contributed by atoms with Crippen LogP contribution in [0.5, 0.6) is 0 Å². The second-order valence-electron chi connectivity index (χ2n) is 7.52. The maximum atomic E-state index is 13.5. The lowest BCUT2D eigenvalue weighted by atomic mass is 9.68. The zero-order valence-electron chi connectivity index (χ0n) is 15.9. The lowest BCUT2D eigenvalue weighted by Gasteiger charge is -2.35. The minimum atomic E-state index is -1.69. The molecule has 3 rings (SSSR count). The largest absolute Gasteiger partial charge is 0.456 e. The van der Waals surface area contributed by atoms with Crippen molar-refractivity contribution in [3.8, 4) is 6.07 Å². The Bertz CT molecular complexity index is 962. The van der Waals surface area contributed by atoms with E-state index in [9.17, 15) is 14.9 Å². The van der Waals surface area contributed by atoms with Gasteiger partial charge in [-0.3, -0.25) is 4.79 Å². The van der Waals surface area contributed by atoms with Gasteiger partial charge in [0, 0.05) is 18.3 Å². The standard InChI is InChI=1S/C20H21N3O4/c1-11-15(17(24)27-19(2,3)4)20(13(10-21)16(22)26-11)12-8-6-7-9-14(12)23(5)18(20)25/h6-9H,22H2,1-5H3/t20-/m0/s1. The van der Waals surface area contributed by atoms with Gasteiger partial charge in [-0.1, -0.05) is 18.2 Å². The van der Waals surface area contributed by atoms with Gasteiger partial charge in [-0.25, -0.2) is 4.79 Å². The number of ether oxygens (including phenoxy) is 2. The molecule has 0 fully saturated rings. The van der Waals surface area contributed by atoms with Crippen molar-refractivity contribution in [1.82, 2.24) is 0 Å². The van der Waals surface area contributed by atoms with Crippen molar-refractivity contribution in [2.45, 2.75) is 38.7 Å². The predicted molar refractivity (Wildman–Crippen MR) is 98.0 cm³/mol. The van der Waals surface area contributed by atoms with Crippen LogP contribution < -0.4 is 10.6 Å². The van der Waals surface area contributed by atoms with Gasteiger partial charge in [-0.05, 0) is 33.8 Å². The number of esters is 1. The second-order valence-corrected chi connectivity index (χ2v) is 7.52. The van der Waals surface area contributed by atoms with Gasteiger partial charge in [-0.15, -0.1) is 0 Å². The summed E-state index contributed by atoms with van der Waals surface area (Å²) in [5.41, 5.74) is 4.45. The number of nitrogens with two attached hydrogens (primary N) is 1. The third-order valence-electron chi connectivity index (χ3n) is 4.62. The lowest BCUT2D eigenvalue weighted by molar-refractivity contribution is -0.151. The number of para-hydroxylation sites is 1. The molecule has 1 amide bonds. The highest BCUT2D eigenvalue weighted by Crippen LogP contribution is 2.53. The summed E-state index contributed by atoms with van der Waals surface area (Å²) in [7, 11) is 1.60. The number of benzene rings is 1. The zero-order valence-corrected chi connectivity index (χ0v) is 15.9. The first kappa shape index (κ1) is 18.5. The van der Waals surface area contributed by atoms with Crippen molar-refractivity contribution in [2.75, 3.05) is 11.9 Å². The molecule has 7 nitrogen and oxygen atoms in total. The molecule has 2 aliphatic rings. The van der Waals surface area contributed by atoms with E-state index >= 15 is 0 Å². The maximum Gasteiger partial charge on any atom is 0.339 e. The fourth-order valence-electron chi connectivity index (χ4n) is 3.65. The van der Waals surface area contributed by atoms with Gasteiger partial charge in [0.25, 0.3) is 0 Å². The van der Waals surface area contributed by atoms with Crippen LogP contribution in [0.4, 0.5) is 5.69 Å². The number of nitrogens with zero attached hydrogens (tertiary/aromatic N) is 2. The van der Waals surface area contributed by atoms with Crippen molar-refractivity contribution in [2.24, 2.45) is 5.73 Å². The molecule has 0 bridgehead atoms. The first-order valence-electron chi connectivity index (χ1n) is 8.46. The monoisotopic (exact) mass is 367 g/mol. The summed E-state index contributed by atoms with van der Waals surface area (Å²) in [6.07, 6.45) is 0. The van der Waals surface area contributed by atoms with E-state index < -0.39 is 22.9 Å². The number of rotatable bonds is 1. The van der Waals surface area contributed by atoms with E-state index in [1.807, 2.05) is 6.07 Å². The number of hydrogen-bond donors (Lipinski definition) is 1. The third kappa shape index (κ3) is 2.48. The normalized spacial score (nSPS) is 21.9. The molecule has 1 spiro atoms. The van der Waals surface area contributed by atoms with Gasteiger partial charge >= 0.3 is 5.97 Å². The van der Waals surface area contributed by atoms with Gasteiger partial charge < -0.3 is 20.1 Å². The summed E-state index contributed by atoms with van der Waals surface area (Å²) < 4.78 is 11.0.